The Morgan fingerprint density at radius 3 is 2.74 bits per heavy atom. The topological polar surface area (TPSA) is 41.6 Å². The van der Waals surface area contributed by atoms with Gasteiger partial charge in [-0.15, -0.1) is 0 Å². The third kappa shape index (κ3) is 4.61. The van der Waals surface area contributed by atoms with E-state index in [0.29, 0.717) is 12.1 Å². The predicted molar refractivity (Wildman–Crippen MR) is 72.5 cm³/mol. The maximum Gasteiger partial charge on any atom is 0.327 e. The number of carbonyl (C=O) groups excluding carboxylic acids is 1. The number of hydrogen-bond acceptors (Lipinski definition) is 4. The van der Waals surface area contributed by atoms with Gasteiger partial charge in [0.15, 0.2) is 0 Å². The fourth-order valence-corrected chi connectivity index (χ4v) is 1.75. The van der Waals surface area contributed by atoms with E-state index in [1.54, 1.807) is 12.1 Å². The summed E-state index contributed by atoms with van der Waals surface area (Å²) < 4.78 is 18.6. The standard InChI is InChI=1S/C14H21FN2O2/c1-10-5-6-12(15)11(9-10)13(14(18)19-4)16-7-8-17(2)3/h5-6,9,13,16H,7-8H2,1-4H3. The second-order valence-corrected chi connectivity index (χ2v) is 4.74. The van der Waals surface area contributed by atoms with Crippen LogP contribution in [0.3, 0.4) is 0 Å². The molecule has 4 nitrogen and oxygen atoms in total. The molecule has 5 heteroatoms. The van der Waals surface area contributed by atoms with Crippen LogP contribution in [0.25, 0.3) is 0 Å². The second kappa shape index (κ2) is 7.21. The van der Waals surface area contributed by atoms with Crippen molar-refractivity contribution in [1.82, 2.24) is 10.2 Å². The largest absolute Gasteiger partial charge is 0.468 e. The Labute approximate surface area is 113 Å². The maximum atomic E-state index is 13.8. The Balaban J connectivity index is 2.89. The van der Waals surface area contributed by atoms with E-state index < -0.39 is 17.8 Å². The summed E-state index contributed by atoms with van der Waals surface area (Å²) in [6, 6.07) is 3.94. The first-order valence-corrected chi connectivity index (χ1v) is 6.17. The summed E-state index contributed by atoms with van der Waals surface area (Å²) in [4.78, 5) is 13.8. The number of methoxy groups -OCH3 is 1. The molecule has 1 unspecified atom stereocenters. The molecule has 1 rings (SSSR count). The average Bonchev–Trinajstić information content (AvgIpc) is 2.37. The number of likely N-dealkylation sites (N-methyl/N-ethyl adjacent to an activating group) is 1. The van der Waals surface area contributed by atoms with Gasteiger partial charge in [-0.25, -0.2) is 9.18 Å². The Hall–Kier alpha value is -1.46. The van der Waals surface area contributed by atoms with Crippen LogP contribution in [0, 0.1) is 12.7 Å². The van der Waals surface area contributed by atoms with Gasteiger partial charge in [-0.1, -0.05) is 17.7 Å². The fraction of sp³-hybridized carbons (Fsp3) is 0.500. The Morgan fingerprint density at radius 1 is 1.47 bits per heavy atom. The lowest BCUT2D eigenvalue weighted by molar-refractivity contribution is -0.143. The van der Waals surface area contributed by atoms with Crippen LogP contribution in [0.1, 0.15) is 17.2 Å². The monoisotopic (exact) mass is 268 g/mol. The van der Waals surface area contributed by atoms with Crippen LogP contribution in [0.2, 0.25) is 0 Å². The van der Waals surface area contributed by atoms with E-state index in [4.69, 9.17) is 4.74 Å². The van der Waals surface area contributed by atoms with Crippen molar-refractivity contribution in [2.75, 3.05) is 34.3 Å². The Morgan fingerprint density at radius 2 is 2.16 bits per heavy atom. The molecule has 1 atom stereocenters. The summed E-state index contributed by atoms with van der Waals surface area (Å²) in [6.45, 7) is 3.18. The van der Waals surface area contributed by atoms with Crippen LogP contribution in [-0.2, 0) is 9.53 Å². The number of halogens is 1. The van der Waals surface area contributed by atoms with Crippen LogP contribution in [0.4, 0.5) is 4.39 Å². The highest BCUT2D eigenvalue weighted by atomic mass is 19.1. The quantitative estimate of drug-likeness (QED) is 0.794. The molecule has 106 valence electrons. The van der Waals surface area contributed by atoms with Crippen LogP contribution in [0.5, 0.6) is 0 Å². The number of esters is 1. The van der Waals surface area contributed by atoms with Crippen molar-refractivity contribution >= 4 is 5.97 Å². The van der Waals surface area contributed by atoms with E-state index in [-0.39, 0.29) is 0 Å². The average molecular weight is 268 g/mol. The highest BCUT2D eigenvalue weighted by Gasteiger charge is 2.23. The number of aryl methyl sites for hydroxylation is 1. The molecule has 1 aromatic carbocycles. The van der Waals surface area contributed by atoms with Gasteiger partial charge in [-0.05, 0) is 27.1 Å². The van der Waals surface area contributed by atoms with Crippen LogP contribution in [-0.4, -0.2) is 45.2 Å². The van der Waals surface area contributed by atoms with E-state index in [1.165, 1.54) is 13.2 Å². The van der Waals surface area contributed by atoms with Crippen molar-refractivity contribution in [2.24, 2.45) is 0 Å². The lowest BCUT2D eigenvalue weighted by Gasteiger charge is -2.19. The van der Waals surface area contributed by atoms with Crippen LogP contribution in [0.15, 0.2) is 18.2 Å². The zero-order valence-electron chi connectivity index (χ0n) is 11.9. The first kappa shape index (κ1) is 15.6. The third-order valence-electron chi connectivity index (χ3n) is 2.81. The Kier molecular flexibility index (Phi) is 5.92. The third-order valence-corrected chi connectivity index (χ3v) is 2.81. The second-order valence-electron chi connectivity index (χ2n) is 4.74. The number of rotatable bonds is 6. The molecule has 0 fully saturated rings. The summed E-state index contributed by atoms with van der Waals surface area (Å²) in [5.41, 5.74) is 1.23. The van der Waals surface area contributed by atoms with Gasteiger partial charge in [0.1, 0.15) is 11.9 Å². The zero-order valence-corrected chi connectivity index (χ0v) is 11.9. The molecule has 0 aliphatic rings. The number of benzene rings is 1. The number of ether oxygens (including phenoxy) is 1. The van der Waals surface area contributed by atoms with E-state index >= 15 is 0 Å². The lowest BCUT2D eigenvalue weighted by Crippen LogP contribution is -2.35. The molecule has 0 saturated heterocycles. The molecule has 0 aromatic heterocycles. The number of nitrogens with zero attached hydrogens (tertiary/aromatic N) is 1. The molecule has 0 bridgehead atoms. The molecule has 0 amide bonds. The minimum absolute atomic E-state index is 0.325. The van der Waals surface area contributed by atoms with Gasteiger partial charge < -0.3 is 9.64 Å². The van der Waals surface area contributed by atoms with Crippen molar-refractivity contribution in [3.8, 4) is 0 Å². The smallest absolute Gasteiger partial charge is 0.327 e. The van der Waals surface area contributed by atoms with Gasteiger partial charge in [-0.2, -0.15) is 0 Å². The highest BCUT2D eigenvalue weighted by Crippen LogP contribution is 2.19. The van der Waals surface area contributed by atoms with Crippen molar-refractivity contribution < 1.29 is 13.9 Å². The number of hydrogen-bond donors (Lipinski definition) is 1. The Bertz CT molecular complexity index is 435. The van der Waals surface area contributed by atoms with E-state index in [0.717, 1.165) is 12.1 Å². The van der Waals surface area contributed by atoms with Crippen LogP contribution >= 0.6 is 0 Å². The first-order valence-electron chi connectivity index (χ1n) is 6.17. The molecule has 0 spiro atoms. The summed E-state index contributed by atoms with van der Waals surface area (Å²) in [6.07, 6.45) is 0. The van der Waals surface area contributed by atoms with Crippen LogP contribution < -0.4 is 5.32 Å². The van der Waals surface area contributed by atoms with Gasteiger partial charge in [-0.3, -0.25) is 5.32 Å². The van der Waals surface area contributed by atoms with Gasteiger partial charge in [0, 0.05) is 18.7 Å². The lowest BCUT2D eigenvalue weighted by atomic mass is 10.0. The van der Waals surface area contributed by atoms with Crippen molar-refractivity contribution in [1.29, 1.82) is 0 Å². The maximum absolute atomic E-state index is 13.8. The molecule has 0 saturated carbocycles. The van der Waals surface area contributed by atoms with Gasteiger partial charge in [0.25, 0.3) is 0 Å². The predicted octanol–water partition coefficient (Wildman–Crippen LogP) is 1.50. The highest BCUT2D eigenvalue weighted by molar-refractivity contribution is 5.77. The van der Waals surface area contributed by atoms with Crippen molar-refractivity contribution in [2.45, 2.75) is 13.0 Å². The zero-order chi connectivity index (χ0) is 14.4. The van der Waals surface area contributed by atoms with E-state index in [9.17, 15) is 9.18 Å². The molecule has 0 radical (unpaired) electrons. The first-order chi connectivity index (χ1) is 8.95. The normalized spacial score (nSPS) is 12.5. The number of carbonyl (C=O) groups is 1. The fourth-order valence-electron chi connectivity index (χ4n) is 1.75. The molecule has 1 N–H and O–H groups in total. The molecule has 19 heavy (non-hydrogen) atoms. The minimum atomic E-state index is -0.773. The van der Waals surface area contributed by atoms with Crippen molar-refractivity contribution in [3.05, 3.63) is 35.1 Å². The van der Waals surface area contributed by atoms with Gasteiger partial charge in [0.05, 0.1) is 7.11 Å². The van der Waals surface area contributed by atoms with E-state index in [1.807, 2.05) is 25.9 Å². The van der Waals surface area contributed by atoms with E-state index in [2.05, 4.69) is 5.32 Å². The molecule has 0 heterocycles. The molecular weight excluding hydrogens is 247 g/mol. The van der Waals surface area contributed by atoms with Gasteiger partial charge >= 0.3 is 5.97 Å². The summed E-state index contributed by atoms with van der Waals surface area (Å²) in [5.74, 6) is -0.887. The molecule has 0 aliphatic heterocycles. The minimum Gasteiger partial charge on any atom is -0.468 e. The van der Waals surface area contributed by atoms with Gasteiger partial charge in [0.2, 0.25) is 0 Å². The summed E-state index contributed by atoms with van der Waals surface area (Å²) in [7, 11) is 5.17. The summed E-state index contributed by atoms with van der Waals surface area (Å²) >= 11 is 0. The number of nitrogens with one attached hydrogen (secondary N) is 1. The van der Waals surface area contributed by atoms with Crippen molar-refractivity contribution in [3.63, 3.8) is 0 Å². The molecule has 1 aromatic rings. The molecule has 0 aliphatic carbocycles. The SMILES string of the molecule is COC(=O)C(NCCN(C)C)c1cc(C)ccc1F. The summed E-state index contributed by atoms with van der Waals surface area (Å²) in [5, 5.41) is 3.03. The molecular formula is C14H21FN2O2.